The Morgan fingerprint density at radius 3 is 2.71 bits per heavy atom. The fourth-order valence-electron chi connectivity index (χ4n) is 1.90. The highest BCUT2D eigenvalue weighted by Crippen LogP contribution is 2.31. The molecule has 0 saturated carbocycles. The van der Waals surface area contributed by atoms with Gasteiger partial charge in [0.05, 0.1) is 10.7 Å². The summed E-state index contributed by atoms with van der Waals surface area (Å²) in [4.78, 5) is 1.11. The van der Waals surface area contributed by atoms with Crippen molar-refractivity contribution >= 4 is 61.2 Å². The van der Waals surface area contributed by atoms with E-state index >= 15 is 0 Å². The molecule has 0 aliphatic carbocycles. The Kier molecular flexibility index (Phi) is 5.53. The van der Waals surface area contributed by atoms with Crippen LogP contribution >= 0.6 is 45.5 Å². The summed E-state index contributed by atoms with van der Waals surface area (Å²) in [5.74, 6) is 0. The second-order valence-electron chi connectivity index (χ2n) is 4.43. The molecule has 0 bridgehead atoms. The lowest BCUT2D eigenvalue weighted by atomic mass is 10.3. The van der Waals surface area contributed by atoms with Crippen LogP contribution in [0, 0.1) is 10.5 Å². The van der Waals surface area contributed by atoms with Gasteiger partial charge in [-0.1, -0.05) is 11.6 Å². The van der Waals surface area contributed by atoms with Gasteiger partial charge in [0.25, 0.3) is 10.0 Å². The smallest absolute Gasteiger partial charge is 0.263 e. The first-order chi connectivity index (χ1) is 9.85. The van der Waals surface area contributed by atoms with E-state index in [9.17, 15) is 8.42 Å². The van der Waals surface area contributed by atoms with Crippen molar-refractivity contribution in [2.45, 2.75) is 18.4 Å². The number of thiophene rings is 1. The van der Waals surface area contributed by atoms with Crippen LogP contribution in [0.4, 0.5) is 5.69 Å². The molecule has 4 nitrogen and oxygen atoms in total. The summed E-state index contributed by atoms with van der Waals surface area (Å²) < 4.78 is 28.8. The zero-order valence-electron chi connectivity index (χ0n) is 11.4. The van der Waals surface area contributed by atoms with Crippen LogP contribution in [0.3, 0.4) is 0 Å². The number of halogens is 2. The zero-order valence-corrected chi connectivity index (χ0v) is 16.0. The molecular formula is C13H14ClIN2O2S2. The van der Waals surface area contributed by atoms with Crippen molar-refractivity contribution in [3.63, 3.8) is 0 Å². The van der Waals surface area contributed by atoms with Crippen LogP contribution in [0.25, 0.3) is 0 Å². The van der Waals surface area contributed by atoms with Gasteiger partial charge >= 0.3 is 0 Å². The first kappa shape index (κ1) is 17.0. The molecule has 2 rings (SSSR count). The third-order valence-corrected chi connectivity index (χ3v) is 6.58. The van der Waals surface area contributed by atoms with Crippen molar-refractivity contribution in [3.8, 4) is 0 Å². The van der Waals surface area contributed by atoms with Crippen molar-refractivity contribution in [1.29, 1.82) is 0 Å². The van der Waals surface area contributed by atoms with Crippen LogP contribution in [0.2, 0.25) is 5.02 Å². The molecule has 1 heterocycles. The summed E-state index contributed by atoms with van der Waals surface area (Å²) in [6.07, 6.45) is 0. The average molecular weight is 457 g/mol. The number of rotatable bonds is 5. The minimum absolute atomic E-state index is 0.330. The molecule has 114 valence electrons. The van der Waals surface area contributed by atoms with Crippen LogP contribution < -0.4 is 10.0 Å². The van der Waals surface area contributed by atoms with Gasteiger partial charge in [-0.3, -0.25) is 4.72 Å². The molecule has 0 aliphatic heterocycles. The Labute approximate surface area is 147 Å². The van der Waals surface area contributed by atoms with Gasteiger partial charge in [0.2, 0.25) is 0 Å². The maximum Gasteiger partial charge on any atom is 0.263 e. The fourth-order valence-corrected chi connectivity index (χ4v) is 5.76. The topological polar surface area (TPSA) is 58.2 Å². The van der Waals surface area contributed by atoms with E-state index in [4.69, 9.17) is 11.6 Å². The number of sulfonamides is 1. The van der Waals surface area contributed by atoms with Crippen molar-refractivity contribution < 1.29 is 8.42 Å². The molecular weight excluding hydrogens is 443 g/mol. The highest BCUT2D eigenvalue weighted by molar-refractivity contribution is 14.1. The largest absolute Gasteiger partial charge is 0.315 e. The number of anilines is 1. The second kappa shape index (κ2) is 6.82. The van der Waals surface area contributed by atoms with E-state index in [2.05, 4.69) is 32.6 Å². The van der Waals surface area contributed by atoms with E-state index in [1.807, 2.05) is 5.38 Å². The van der Waals surface area contributed by atoms with Crippen LogP contribution in [-0.4, -0.2) is 15.5 Å². The molecule has 0 saturated heterocycles. The van der Waals surface area contributed by atoms with E-state index in [1.54, 1.807) is 32.2 Å². The minimum Gasteiger partial charge on any atom is -0.315 e. The summed E-state index contributed by atoms with van der Waals surface area (Å²) in [6, 6.07) is 5.19. The molecule has 1 aromatic heterocycles. The molecule has 2 aromatic rings. The van der Waals surface area contributed by atoms with Crippen molar-refractivity contribution in [2.24, 2.45) is 0 Å². The molecule has 0 spiro atoms. The summed E-state index contributed by atoms with van der Waals surface area (Å²) in [6.45, 7) is 2.30. The molecule has 2 N–H and O–H groups in total. The number of nitrogens with one attached hydrogen (secondary N) is 2. The molecule has 0 amide bonds. The molecule has 0 radical (unpaired) electrons. The summed E-state index contributed by atoms with van der Waals surface area (Å²) in [5, 5.41) is 5.21. The van der Waals surface area contributed by atoms with Gasteiger partial charge in [-0.15, -0.1) is 11.3 Å². The van der Waals surface area contributed by atoms with Crippen LogP contribution in [0.1, 0.15) is 10.4 Å². The molecule has 8 heteroatoms. The van der Waals surface area contributed by atoms with Crippen LogP contribution in [0.15, 0.2) is 28.5 Å². The van der Waals surface area contributed by atoms with Gasteiger partial charge in [0.15, 0.2) is 0 Å². The Morgan fingerprint density at radius 1 is 1.38 bits per heavy atom. The van der Waals surface area contributed by atoms with Gasteiger partial charge < -0.3 is 5.32 Å². The number of hydrogen-bond donors (Lipinski definition) is 2. The lowest BCUT2D eigenvalue weighted by Gasteiger charge is -2.11. The molecule has 0 fully saturated rings. The molecule has 1 aromatic carbocycles. The van der Waals surface area contributed by atoms with Gasteiger partial charge in [0.1, 0.15) is 4.90 Å². The van der Waals surface area contributed by atoms with Crippen LogP contribution in [0.5, 0.6) is 0 Å². The SMILES string of the molecule is CNCc1scc(C)c1S(=O)(=O)Nc1ccc(I)cc1Cl. The first-order valence-corrected chi connectivity index (χ1v) is 9.86. The summed E-state index contributed by atoms with van der Waals surface area (Å²) in [7, 11) is -1.87. The van der Waals surface area contributed by atoms with Gasteiger partial charge in [-0.25, -0.2) is 8.42 Å². The van der Waals surface area contributed by atoms with Gasteiger partial charge in [-0.2, -0.15) is 0 Å². The monoisotopic (exact) mass is 456 g/mol. The first-order valence-electron chi connectivity index (χ1n) is 6.04. The van der Waals surface area contributed by atoms with E-state index < -0.39 is 10.0 Å². The van der Waals surface area contributed by atoms with Crippen molar-refractivity contribution in [1.82, 2.24) is 5.32 Å². The van der Waals surface area contributed by atoms with E-state index in [0.29, 0.717) is 22.2 Å². The average Bonchev–Trinajstić information content (AvgIpc) is 2.75. The Hall–Kier alpha value is -0.350. The number of aryl methyl sites for hydroxylation is 1. The molecule has 0 atom stereocenters. The maximum absolute atomic E-state index is 12.6. The Balaban J connectivity index is 2.41. The highest BCUT2D eigenvalue weighted by Gasteiger charge is 2.23. The third-order valence-electron chi connectivity index (χ3n) is 2.77. The quantitative estimate of drug-likeness (QED) is 0.672. The minimum atomic E-state index is -3.66. The normalized spacial score (nSPS) is 11.6. The second-order valence-corrected chi connectivity index (χ2v) is 8.67. The molecule has 21 heavy (non-hydrogen) atoms. The Morgan fingerprint density at radius 2 is 2.10 bits per heavy atom. The lowest BCUT2D eigenvalue weighted by Crippen LogP contribution is -2.17. The zero-order chi connectivity index (χ0) is 15.6. The maximum atomic E-state index is 12.6. The number of benzene rings is 1. The molecule has 0 unspecified atom stereocenters. The van der Waals surface area contributed by atoms with E-state index in [1.165, 1.54) is 11.3 Å². The summed E-state index contributed by atoms with van der Waals surface area (Å²) >= 11 is 9.65. The predicted molar refractivity (Wildman–Crippen MR) is 96.8 cm³/mol. The Bertz CT molecular complexity index is 760. The van der Waals surface area contributed by atoms with E-state index in [-0.39, 0.29) is 0 Å². The van der Waals surface area contributed by atoms with Crippen molar-refractivity contribution in [2.75, 3.05) is 11.8 Å². The van der Waals surface area contributed by atoms with Gasteiger partial charge in [-0.05, 0) is 65.7 Å². The van der Waals surface area contributed by atoms with E-state index in [0.717, 1.165) is 14.0 Å². The van der Waals surface area contributed by atoms with Gasteiger partial charge in [0, 0.05) is 15.0 Å². The highest BCUT2D eigenvalue weighted by atomic mass is 127. The third kappa shape index (κ3) is 3.89. The van der Waals surface area contributed by atoms with Crippen LogP contribution in [-0.2, 0) is 16.6 Å². The lowest BCUT2D eigenvalue weighted by molar-refractivity contribution is 0.599. The van der Waals surface area contributed by atoms with Crippen molar-refractivity contribution in [3.05, 3.63) is 42.6 Å². The predicted octanol–water partition coefficient (Wildman–Crippen LogP) is 3.83. The summed E-state index contributed by atoms with van der Waals surface area (Å²) in [5.41, 5.74) is 1.12. The standard InChI is InChI=1S/C13H14ClIN2O2S2/c1-8-7-20-12(6-16-2)13(8)21(18,19)17-11-4-3-9(15)5-10(11)14/h3-5,7,16-17H,6H2,1-2H3. The molecule has 0 aliphatic rings. The fraction of sp³-hybridized carbons (Fsp3) is 0.231. The number of hydrogen-bond acceptors (Lipinski definition) is 4.